The number of hydrogen-bond acceptors (Lipinski definition) is 3. The smallest absolute Gasteiger partial charge is 0.319 e. The zero-order valence-corrected chi connectivity index (χ0v) is 15.2. The highest BCUT2D eigenvalue weighted by Gasteiger charge is 2.22. The first kappa shape index (κ1) is 19.1. The van der Waals surface area contributed by atoms with Crippen molar-refractivity contribution in [3.8, 4) is 0 Å². The standard InChI is InChI=1S/C18H29N5O2/c1-4-19-17(23-10-9-16(24)12-23)20-11-14-5-7-15(8-6-14)22-18(25)21-13(2)3/h5-8,13,16,24H,4,9-12H2,1-3H3,(H,19,20)(H2,21,22,25)/t16-/m1/s1. The summed E-state index contributed by atoms with van der Waals surface area (Å²) in [5.41, 5.74) is 1.81. The first-order valence-corrected chi connectivity index (χ1v) is 8.85. The van der Waals surface area contributed by atoms with Gasteiger partial charge in [-0.1, -0.05) is 12.1 Å². The van der Waals surface area contributed by atoms with Crippen molar-refractivity contribution in [1.29, 1.82) is 0 Å². The fraction of sp³-hybridized carbons (Fsp3) is 0.556. The number of nitrogens with zero attached hydrogens (tertiary/aromatic N) is 2. The fourth-order valence-corrected chi connectivity index (χ4v) is 2.65. The summed E-state index contributed by atoms with van der Waals surface area (Å²) in [5.74, 6) is 0.831. The van der Waals surface area contributed by atoms with Gasteiger partial charge in [-0.3, -0.25) is 0 Å². The molecule has 1 heterocycles. The molecule has 7 nitrogen and oxygen atoms in total. The minimum Gasteiger partial charge on any atom is -0.391 e. The van der Waals surface area contributed by atoms with Gasteiger partial charge in [0, 0.05) is 31.4 Å². The Bertz CT molecular complexity index is 586. The quantitative estimate of drug-likeness (QED) is 0.483. The van der Waals surface area contributed by atoms with Gasteiger partial charge in [0.2, 0.25) is 0 Å². The van der Waals surface area contributed by atoms with E-state index in [0.29, 0.717) is 13.1 Å². The highest BCUT2D eigenvalue weighted by molar-refractivity contribution is 5.89. The molecule has 25 heavy (non-hydrogen) atoms. The van der Waals surface area contributed by atoms with Crippen LogP contribution in [0.25, 0.3) is 0 Å². The van der Waals surface area contributed by atoms with Crippen LogP contribution < -0.4 is 16.0 Å². The number of anilines is 1. The van der Waals surface area contributed by atoms with Gasteiger partial charge in [-0.2, -0.15) is 0 Å². The highest BCUT2D eigenvalue weighted by atomic mass is 16.3. The number of aliphatic hydroxyl groups is 1. The number of rotatable bonds is 5. The number of carbonyl (C=O) groups excluding carboxylic acids is 1. The van der Waals surface area contributed by atoms with Crippen molar-refractivity contribution in [2.75, 3.05) is 25.0 Å². The van der Waals surface area contributed by atoms with E-state index in [-0.39, 0.29) is 18.2 Å². The number of aliphatic hydroxyl groups excluding tert-OH is 1. The first-order chi connectivity index (χ1) is 12.0. The van der Waals surface area contributed by atoms with Crippen LogP contribution in [0.5, 0.6) is 0 Å². The largest absolute Gasteiger partial charge is 0.391 e. The summed E-state index contributed by atoms with van der Waals surface area (Å²) >= 11 is 0. The number of aliphatic imine (C=N–C) groups is 1. The van der Waals surface area contributed by atoms with Gasteiger partial charge in [-0.25, -0.2) is 9.79 Å². The molecule has 138 valence electrons. The van der Waals surface area contributed by atoms with Gasteiger partial charge in [0.05, 0.1) is 12.6 Å². The Morgan fingerprint density at radius 2 is 2.08 bits per heavy atom. The van der Waals surface area contributed by atoms with Gasteiger partial charge in [-0.05, 0) is 44.9 Å². The Morgan fingerprint density at radius 1 is 1.36 bits per heavy atom. The number of guanidine groups is 1. The van der Waals surface area contributed by atoms with Gasteiger partial charge in [-0.15, -0.1) is 0 Å². The third-order valence-electron chi connectivity index (χ3n) is 3.84. The lowest BCUT2D eigenvalue weighted by molar-refractivity contribution is 0.188. The summed E-state index contributed by atoms with van der Waals surface area (Å²) in [6.45, 7) is 8.65. The maximum atomic E-state index is 11.7. The van der Waals surface area contributed by atoms with Crippen molar-refractivity contribution < 1.29 is 9.90 Å². The van der Waals surface area contributed by atoms with Gasteiger partial charge < -0.3 is 26.0 Å². The monoisotopic (exact) mass is 347 g/mol. The van der Waals surface area contributed by atoms with Crippen molar-refractivity contribution in [3.05, 3.63) is 29.8 Å². The fourth-order valence-electron chi connectivity index (χ4n) is 2.65. The van der Waals surface area contributed by atoms with E-state index in [1.807, 2.05) is 45.0 Å². The Labute approximate surface area is 149 Å². The highest BCUT2D eigenvalue weighted by Crippen LogP contribution is 2.12. The molecule has 4 N–H and O–H groups in total. The lowest BCUT2D eigenvalue weighted by Crippen LogP contribution is -2.40. The lowest BCUT2D eigenvalue weighted by Gasteiger charge is -2.20. The Balaban J connectivity index is 1.93. The maximum Gasteiger partial charge on any atom is 0.319 e. The van der Waals surface area contributed by atoms with Crippen molar-refractivity contribution in [3.63, 3.8) is 0 Å². The van der Waals surface area contributed by atoms with Crippen molar-refractivity contribution in [2.24, 2.45) is 4.99 Å². The van der Waals surface area contributed by atoms with Gasteiger partial charge in [0.1, 0.15) is 0 Å². The summed E-state index contributed by atoms with van der Waals surface area (Å²) in [6.07, 6.45) is 0.509. The van der Waals surface area contributed by atoms with E-state index in [9.17, 15) is 9.90 Å². The molecule has 1 aromatic rings. The Morgan fingerprint density at radius 3 is 2.64 bits per heavy atom. The Hall–Kier alpha value is -2.28. The van der Waals surface area contributed by atoms with Crippen LogP contribution in [0.15, 0.2) is 29.3 Å². The average Bonchev–Trinajstić information content (AvgIpc) is 2.98. The average molecular weight is 347 g/mol. The molecule has 0 saturated carbocycles. The van der Waals surface area contributed by atoms with E-state index in [4.69, 9.17) is 0 Å². The summed E-state index contributed by atoms with van der Waals surface area (Å²) in [6, 6.07) is 7.55. The van der Waals surface area contributed by atoms with Crippen LogP contribution in [-0.2, 0) is 6.54 Å². The van der Waals surface area contributed by atoms with Gasteiger partial charge in [0.25, 0.3) is 0 Å². The maximum absolute atomic E-state index is 11.7. The second-order valence-corrected chi connectivity index (χ2v) is 6.51. The van der Waals surface area contributed by atoms with Gasteiger partial charge >= 0.3 is 6.03 Å². The van der Waals surface area contributed by atoms with E-state index >= 15 is 0 Å². The minimum atomic E-state index is -0.272. The molecule has 1 atom stereocenters. The number of likely N-dealkylation sites (tertiary alicyclic amines) is 1. The van der Waals surface area contributed by atoms with Crippen LogP contribution in [-0.4, -0.2) is 53.8 Å². The number of nitrogens with one attached hydrogen (secondary N) is 3. The number of carbonyl (C=O) groups is 1. The van der Waals surface area contributed by atoms with E-state index in [0.717, 1.165) is 36.7 Å². The third-order valence-corrected chi connectivity index (χ3v) is 3.84. The molecule has 2 rings (SSSR count). The molecular formula is C18H29N5O2. The molecule has 1 aliphatic heterocycles. The van der Waals surface area contributed by atoms with Gasteiger partial charge in [0.15, 0.2) is 5.96 Å². The summed E-state index contributed by atoms with van der Waals surface area (Å²) in [5, 5.41) is 18.6. The van der Waals surface area contributed by atoms with Crippen LogP contribution >= 0.6 is 0 Å². The van der Waals surface area contributed by atoms with Crippen LogP contribution in [0.2, 0.25) is 0 Å². The van der Waals surface area contributed by atoms with Crippen molar-refractivity contribution in [2.45, 2.75) is 45.9 Å². The SMILES string of the molecule is CCNC(=NCc1ccc(NC(=O)NC(C)C)cc1)N1CC[C@@H](O)C1. The zero-order chi connectivity index (χ0) is 18.2. The van der Waals surface area contributed by atoms with Crippen molar-refractivity contribution in [1.82, 2.24) is 15.5 Å². The van der Waals surface area contributed by atoms with E-state index < -0.39 is 0 Å². The molecule has 0 radical (unpaired) electrons. The van der Waals surface area contributed by atoms with E-state index in [1.165, 1.54) is 0 Å². The number of hydrogen-bond donors (Lipinski definition) is 4. The molecule has 0 spiro atoms. The third kappa shape index (κ3) is 6.26. The lowest BCUT2D eigenvalue weighted by atomic mass is 10.2. The molecule has 1 aromatic carbocycles. The zero-order valence-electron chi connectivity index (χ0n) is 15.2. The number of amides is 2. The number of urea groups is 1. The molecule has 1 fully saturated rings. The predicted octanol–water partition coefficient (Wildman–Crippen LogP) is 1.75. The second kappa shape index (κ2) is 9.27. The van der Waals surface area contributed by atoms with Crippen molar-refractivity contribution >= 4 is 17.7 Å². The van der Waals surface area contributed by atoms with Crippen LogP contribution in [0.3, 0.4) is 0 Å². The normalized spacial score (nSPS) is 17.7. The molecule has 2 amide bonds. The molecule has 0 bridgehead atoms. The number of benzene rings is 1. The van der Waals surface area contributed by atoms with E-state index in [2.05, 4.69) is 25.8 Å². The van der Waals surface area contributed by atoms with Crippen LogP contribution in [0, 0.1) is 0 Å². The molecule has 0 unspecified atom stereocenters. The molecule has 1 aliphatic rings. The molecule has 1 saturated heterocycles. The summed E-state index contributed by atoms with van der Waals surface area (Å²) < 4.78 is 0. The predicted molar refractivity (Wildman–Crippen MR) is 101 cm³/mol. The summed E-state index contributed by atoms with van der Waals surface area (Å²) in [7, 11) is 0. The van der Waals surface area contributed by atoms with E-state index in [1.54, 1.807) is 0 Å². The molecule has 0 aliphatic carbocycles. The van der Waals surface area contributed by atoms with Crippen LogP contribution in [0.1, 0.15) is 32.8 Å². The number of β-amino-alcohol motifs (C(OH)–C–C–N with tert-alkyl or cyclic N) is 1. The topological polar surface area (TPSA) is 89.0 Å². The first-order valence-electron chi connectivity index (χ1n) is 8.85. The molecular weight excluding hydrogens is 318 g/mol. The summed E-state index contributed by atoms with van der Waals surface area (Å²) in [4.78, 5) is 18.4. The Kier molecular flexibility index (Phi) is 7.06. The second-order valence-electron chi connectivity index (χ2n) is 6.51. The minimum absolute atomic E-state index is 0.0993. The van der Waals surface area contributed by atoms with Crippen LogP contribution in [0.4, 0.5) is 10.5 Å². The molecule has 7 heteroatoms. The molecule has 0 aromatic heterocycles.